The minimum absolute atomic E-state index is 0.00844. The molecule has 2 rings (SSSR count). The number of phenols is 1. The monoisotopic (exact) mass is 277 g/mol. The molecule has 0 heterocycles. The van der Waals surface area contributed by atoms with Crippen molar-refractivity contribution in [3.05, 3.63) is 29.8 Å². The van der Waals surface area contributed by atoms with Crippen molar-refractivity contribution in [2.45, 2.75) is 25.7 Å². The molecule has 0 radical (unpaired) electrons. The summed E-state index contributed by atoms with van der Waals surface area (Å²) in [6.07, 6.45) is 2.81. The van der Waals surface area contributed by atoms with Gasteiger partial charge in [-0.25, -0.2) is 0 Å². The van der Waals surface area contributed by atoms with Gasteiger partial charge in [-0.3, -0.25) is 4.79 Å². The Bertz CT molecular complexity index is 507. The van der Waals surface area contributed by atoms with Crippen LogP contribution in [-0.2, 0) is 11.2 Å². The van der Waals surface area contributed by atoms with E-state index in [1.807, 2.05) is 12.1 Å². The van der Waals surface area contributed by atoms with Crippen LogP contribution >= 0.6 is 0 Å². The van der Waals surface area contributed by atoms with Crippen LogP contribution in [-0.4, -0.2) is 28.6 Å². The summed E-state index contributed by atoms with van der Waals surface area (Å²) in [4.78, 5) is 12.2. The first-order valence-electron chi connectivity index (χ1n) is 6.63. The molecule has 1 amide bonds. The number of phenolic OH excluding ortho intramolecular Hbond substituents is 1. The SMILES string of the molecule is N/C(=N/O)C1(C(=O)NCCc2ccc(O)cc2)CCC1. The van der Waals surface area contributed by atoms with E-state index in [9.17, 15) is 9.90 Å². The van der Waals surface area contributed by atoms with E-state index in [-0.39, 0.29) is 17.5 Å². The number of hydrogen-bond donors (Lipinski definition) is 4. The zero-order chi connectivity index (χ0) is 14.6. The minimum Gasteiger partial charge on any atom is -0.508 e. The van der Waals surface area contributed by atoms with Crippen molar-refractivity contribution in [3.63, 3.8) is 0 Å². The Hall–Kier alpha value is -2.24. The van der Waals surface area contributed by atoms with E-state index in [4.69, 9.17) is 10.9 Å². The van der Waals surface area contributed by atoms with Gasteiger partial charge in [-0.15, -0.1) is 0 Å². The van der Waals surface area contributed by atoms with Gasteiger partial charge >= 0.3 is 0 Å². The lowest BCUT2D eigenvalue weighted by Crippen LogP contribution is -2.54. The van der Waals surface area contributed by atoms with E-state index in [2.05, 4.69) is 10.5 Å². The molecule has 6 nitrogen and oxygen atoms in total. The molecule has 0 bridgehead atoms. The van der Waals surface area contributed by atoms with Gasteiger partial charge in [0.15, 0.2) is 5.84 Å². The maximum Gasteiger partial charge on any atom is 0.233 e. The highest BCUT2D eigenvalue weighted by molar-refractivity contribution is 6.07. The molecule has 1 saturated carbocycles. The van der Waals surface area contributed by atoms with Crippen LogP contribution in [0, 0.1) is 5.41 Å². The molecule has 1 aromatic rings. The first kappa shape index (κ1) is 14.2. The molecule has 0 aromatic heterocycles. The minimum atomic E-state index is -0.830. The van der Waals surface area contributed by atoms with E-state index in [0.717, 1.165) is 12.0 Å². The fourth-order valence-electron chi connectivity index (χ4n) is 2.38. The standard InChI is InChI=1S/C14H19N3O3/c15-12(17-20)14(7-1-8-14)13(19)16-9-6-10-2-4-11(18)5-3-10/h2-5,18,20H,1,6-9H2,(H2,15,17)(H,16,19). The lowest BCUT2D eigenvalue weighted by Gasteiger charge is -2.38. The summed E-state index contributed by atoms with van der Waals surface area (Å²) in [7, 11) is 0. The Morgan fingerprint density at radius 2 is 2.00 bits per heavy atom. The van der Waals surface area contributed by atoms with Crippen LogP contribution in [0.2, 0.25) is 0 Å². The predicted molar refractivity (Wildman–Crippen MR) is 74.5 cm³/mol. The van der Waals surface area contributed by atoms with Gasteiger partial charge in [0, 0.05) is 6.54 Å². The van der Waals surface area contributed by atoms with Gasteiger partial charge in [0.25, 0.3) is 0 Å². The largest absolute Gasteiger partial charge is 0.508 e. The molecule has 1 fully saturated rings. The number of carbonyl (C=O) groups is 1. The van der Waals surface area contributed by atoms with E-state index < -0.39 is 5.41 Å². The zero-order valence-electron chi connectivity index (χ0n) is 11.2. The number of benzene rings is 1. The molecule has 0 atom stereocenters. The van der Waals surface area contributed by atoms with E-state index in [1.54, 1.807) is 12.1 Å². The second-order valence-electron chi connectivity index (χ2n) is 5.09. The molecule has 108 valence electrons. The Labute approximate surface area is 117 Å². The van der Waals surface area contributed by atoms with Gasteiger partial charge in [0.2, 0.25) is 5.91 Å². The average molecular weight is 277 g/mol. The van der Waals surface area contributed by atoms with Crippen LogP contribution in [0.5, 0.6) is 5.75 Å². The molecule has 0 saturated heterocycles. The number of amidine groups is 1. The highest BCUT2D eigenvalue weighted by atomic mass is 16.4. The number of nitrogens with two attached hydrogens (primary N) is 1. The topological polar surface area (TPSA) is 108 Å². The summed E-state index contributed by atoms with van der Waals surface area (Å²) in [5, 5.41) is 23.8. The number of carbonyl (C=O) groups excluding carboxylic acids is 1. The average Bonchev–Trinajstić information content (AvgIpc) is 2.39. The highest BCUT2D eigenvalue weighted by Crippen LogP contribution is 2.41. The maximum absolute atomic E-state index is 12.2. The fraction of sp³-hybridized carbons (Fsp3) is 0.429. The van der Waals surface area contributed by atoms with Crippen LogP contribution in [0.25, 0.3) is 0 Å². The normalized spacial score (nSPS) is 17.3. The number of rotatable bonds is 5. The van der Waals surface area contributed by atoms with E-state index in [0.29, 0.717) is 25.8 Å². The molecule has 0 unspecified atom stereocenters. The zero-order valence-corrected chi connectivity index (χ0v) is 11.2. The van der Waals surface area contributed by atoms with Crippen molar-refractivity contribution in [1.29, 1.82) is 0 Å². The number of oxime groups is 1. The summed E-state index contributed by atoms with van der Waals surface area (Å²) < 4.78 is 0. The highest BCUT2D eigenvalue weighted by Gasteiger charge is 2.48. The van der Waals surface area contributed by atoms with Crippen LogP contribution in [0.3, 0.4) is 0 Å². The summed E-state index contributed by atoms with van der Waals surface area (Å²) in [6.45, 7) is 0.476. The Morgan fingerprint density at radius 1 is 1.35 bits per heavy atom. The molecular formula is C14H19N3O3. The van der Waals surface area contributed by atoms with Crippen molar-refractivity contribution in [3.8, 4) is 5.75 Å². The lowest BCUT2D eigenvalue weighted by molar-refractivity contribution is -0.131. The lowest BCUT2D eigenvalue weighted by atomic mass is 9.67. The van der Waals surface area contributed by atoms with E-state index >= 15 is 0 Å². The maximum atomic E-state index is 12.2. The van der Waals surface area contributed by atoms with Crippen molar-refractivity contribution < 1.29 is 15.1 Å². The molecule has 1 aromatic carbocycles. The number of nitrogens with zero attached hydrogens (tertiary/aromatic N) is 1. The summed E-state index contributed by atoms with van der Waals surface area (Å²) >= 11 is 0. The van der Waals surface area contributed by atoms with Gasteiger partial charge in [0.1, 0.15) is 11.2 Å². The van der Waals surface area contributed by atoms with Crippen LogP contribution in [0.4, 0.5) is 0 Å². The first-order valence-corrected chi connectivity index (χ1v) is 6.63. The third kappa shape index (κ3) is 2.68. The predicted octanol–water partition coefficient (Wildman–Crippen LogP) is 0.968. The Balaban J connectivity index is 1.87. The molecule has 20 heavy (non-hydrogen) atoms. The van der Waals surface area contributed by atoms with Crippen molar-refractivity contribution >= 4 is 11.7 Å². The number of amides is 1. The van der Waals surface area contributed by atoms with Gasteiger partial charge in [-0.1, -0.05) is 23.7 Å². The summed E-state index contributed by atoms with van der Waals surface area (Å²) in [6, 6.07) is 6.84. The van der Waals surface area contributed by atoms with Crippen molar-refractivity contribution in [2.75, 3.05) is 6.54 Å². The molecule has 0 spiro atoms. The quantitative estimate of drug-likeness (QED) is 0.278. The molecular weight excluding hydrogens is 258 g/mol. The van der Waals surface area contributed by atoms with Crippen molar-refractivity contribution in [2.24, 2.45) is 16.3 Å². The van der Waals surface area contributed by atoms with Gasteiger partial charge < -0.3 is 21.4 Å². The third-order valence-corrected chi connectivity index (χ3v) is 3.88. The summed E-state index contributed by atoms with van der Waals surface area (Å²) in [5.74, 6) is 0.0295. The number of hydrogen-bond acceptors (Lipinski definition) is 4. The molecule has 0 aliphatic heterocycles. The smallest absolute Gasteiger partial charge is 0.233 e. The first-order chi connectivity index (χ1) is 9.58. The van der Waals surface area contributed by atoms with Gasteiger partial charge in [-0.2, -0.15) is 0 Å². The fourth-order valence-corrected chi connectivity index (χ4v) is 2.38. The Kier molecular flexibility index (Phi) is 4.12. The van der Waals surface area contributed by atoms with Crippen molar-refractivity contribution in [1.82, 2.24) is 5.32 Å². The van der Waals surface area contributed by atoms with Crippen LogP contribution in [0.15, 0.2) is 29.4 Å². The second kappa shape index (κ2) is 5.81. The number of nitrogens with one attached hydrogen (secondary N) is 1. The Morgan fingerprint density at radius 3 is 2.50 bits per heavy atom. The summed E-state index contributed by atoms with van der Waals surface area (Å²) in [5.41, 5.74) is 5.82. The third-order valence-electron chi connectivity index (χ3n) is 3.88. The van der Waals surface area contributed by atoms with Gasteiger partial charge in [0.05, 0.1) is 0 Å². The molecule has 1 aliphatic rings. The molecule has 6 heteroatoms. The van der Waals surface area contributed by atoms with Gasteiger partial charge in [-0.05, 0) is 37.0 Å². The van der Waals surface area contributed by atoms with E-state index in [1.165, 1.54) is 0 Å². The second-order valence-corrected chi connectivity index (χ2v) is 5.09. The van der Waals surface area contributed by atoms with Crippen LogP contribution in [0.1, 0.15) is 24.8 Å². The molecule has 1 aliphatic carbocycles. The molecule has 5 N–H and O–H groups in total. The van der Waals surface area contributed by atoms with Crippen LogP contribution < -0.4 is 11.1 Å². The number of aromatic hydroxyl groups is 1.